The minimum atomic E-state index is -0.342. The standard InChI is InChI=1S/C11H7BrClFN2/c1-6-2-10(13)16-11(15-6)7-3-8(12)5-9(14)4-7/h2-5H,1H3. The van der Waals surface area contributed by atoms with Crippen molar-refractivity contribution in [2.45, 2.75) is 6.92 Å². The molecular formula is C11H7BrClFN2. The van der Waals surface area contributed by atoms with Crippen molar-refractivity contribution in [2.24, 2.45) is 0 Å². The highest BCUT2D eigenvalue weighted by atomic mass is 79.9. The van der Waals surface area contributed by atoms with Gasteiger partial charge in [-0.15, -0.1) is 0 Å². The molecule has 82 valence electrons. The Morgan fingerprint density at radius 2 is 1.94 bits per heavy atom. The third kappa shape index (κ3) is 2.57. The van der Waals surface area contributed by atoms with E-state index in [1.807, 2.05) is 6.92 Å². The molecule has 0 radical (unpaired) electrons. The molecule has 1 heterocycles. The van der Waals surface area contributed by atoms with E-state index in [0.29, 0.717) is 21.0 Å². The second kappa shape index (κ2) is 4.47. The van der Waals surface area contributed by atoms with Crippen LogP contribution in [-0.2, 0) is 0 Å². The highest BCUT2D eigenvalue weighted by molar-refractivity contribution is 9.10. The van der Waals surface area contributed by atoms with Crippen LogP contribution in [0, 0.1) is 12.7 Å². The molecule has 0 saturated carbocycles. The number of hydrogen-bond donors (Lipinski definition) is 0. The lowest BCUT2D eigenvalue weighted by molar-refractivity contribution is 0.627. The van der Waals surface area contributed by atoms with Gasteiger partial charge >= 0.3 is 0 Å². The van der Waals surface area contributed by atoms with E-state index in [2.05, 4.69) is 25.9 Å². The SMILES string of the molecule is Cc1cc(Cl)nc(-c2cc(F)cc(Br)c2)n1. The first-order valence-corrected chi connectivity index (χ1v) is 5.69. The molecule has 2 aromatic rings. The molecule has 2 nitrogen and oxygen atoms in total. The van der Waals surface area contributed by atoms with Crippen LogP contribution in [0.2, 0.25) is 5.15 Å². The van der Waals surface area contributed by atoms with Gasteiger partial charge in [0, 0.05) is 15.7 Å². The summed E-state index contributed by atoms with van der Waals surface area (Å²) in [6.45, 7) is 1.81. The maximum Gasteiger partial charge on any atom is 0.161 e. The normalized spacial score (nSPS) is 10.5. The van der Waals surface area contributed by atoms with Crippen molar-refractivity contribution in [1.82, 2.24) is 9.97 Å². The monoisotopic (exact) mass is 300 g/mol. The Morgan fingerprint density at radius 1 is 1.19 bits per heavy atom. The Labute approximate surface area is 106 Å². The van der Waals surface area contributed by atoms with Gasteiger partial charge in [-0.25, -0.2) is 14.4 Å². The minimum Gasteiger partial charge on any atom is -0.233 e. The molecule has 0 amide bonds. The van der Waals surface area contributed by atoms with Gasteiger partial charge < -0.3 is 0 Å². The number of rotatable bonds is 1. The smallest absolute Gasteiger partial charge is 0.161 e. The third-order valence-corrected chi connectivity index (χ3v) is 2.60. The van der Waals surface area contributed by atoms with E-state index in [1.54, 1.807) is 12.1 Å². The van der Waals surface area contributed by atoms with E-state index in [9.17, 15) is 4.39 Å². The molecule has 0 bridgehead atoms. The fourth-order valence-electron chi connectivity index (χ4n) is 1.34. The van der Waals surface area contributed by atoms with Crippen molar-refractivity contribution < 1.29 is 4.39 Å². The first-order valence-electron chi connectivity index (χ1n) is 4.52. The molecular weight excluding hydrogens is 294 g/mol. The number of benzene rings is 1. The lowest BCUT2D eigenvalue weighted by Crippen LogP contribution is -1.93. The summed E-state index contributed by atoms with van der Waals surface area (Å²) in [4.78, 5) is 8.26. The molecule has 0 fully saturated rings. The molecule has 0 aliphatic carbocycles. The molecule has 0 unspecified atom stereocenters. The molecule has 0 N–H and O–H groups in total. The van der Waals surface area contributed by atoms with Crippen LogP contribution in [-0.4, -0.2) is 9.97 Å². The van der Waals surface area contributed by atoms with Crippen LogP contribution >= 0.6 is 27.5 Å². The van der Waals surface area contributed by atoms with E-state index in [4.69, 9.17) is 11.6 Å². The zero-order chi connectivity index (χ0) is 11.7. The second-order valence-electron chi connectivity index (χ2n) is 3.31. The largest absolute Gasteiger partial charge is 0.233 e. The maximum atomic E-state index is 13.2. The van der Waals surface area contributed by atoms with Gasteiger partial charge in [-0.2, -0.15) is 0 Å². The van der Waals surface area contributed by atoms with Crippen LogP contribution in [0.1, 0.15) is 5.69 Å². The number of halogens is 3. The summed E-state index contributed by atoms with van der Waals surface area (Å²) in [5.74, 6) is 0.0794. The van der Waals surface area contributed by atoms with Crippen LogP contribution in [0.3, 0.4) is 0 Å². The van der Waals surface area contributed by atoms with E-state index in [-0.39, 0.29) is 5.82 Å². The Balaban J connectivity index is 2.57. The minimum absolute atomic E-state index is 0.342. The summed E-state index contributed by atoms with van der Waals surface area (Å²) in [5, 5.41) is 0.350. The van der Waals surface area contributed by atoms with Crippen LogP contribution in [0.5, 0.6) is 0 Å². The molecule has 5 heteroatoms. The lowest BCUT2D eigenvalue weighted by atomic mass is 10.2. The van der Waals surface area contributed by atoms with Crippen molar-refractivity contribution in [3.05, 3.63) is 45.4 Å². The number of aryl methyl sites for hydroxylation is 1. The number of nitrogens with zero attached hydrogens (tertiary/aromatic N) is 2. The van der Waals surface area contributed by atoms with Crippen LogP contribution in [0.15, 0.2) is 28.7 Å². The van der Waals surface area contributed by atoms with Crippen molar-refractivity contribution in [3.8, 4) is 11.4 Å². The molecule has 0 spiro atoms. The number of hydrogen-bond acceptors (Lipinski definition) is 2. The highest BCUT2D eigenvalue weighted by Crippen LogP contribution is 2.23. The topological polar surface area (TPSA) is 25.8 Å². The van der Waals surface area contributed by atoms with E-state index < -0.39 is 0 Å². The molecule has 0 saturated heterocycles. The molecule has 0 aliphatic rings. The maximum absolute atomic E-state index is 13.2. The van der Waals surface area contributed by atoms with E-state index in [0.717, 1.165) is 5.69 Å². The van der Waals surface area contributed by atoms with Crippen molar-refractivity contribution in [3.63, 3.8) is 0 Å². The first-order chi connectivity index (χ1) is 7.54. The van der Waals surface area contributed by atoms with Crippen LogP contribution in [0.4, 0.5) is 4.39 Å². The summed E-state index contributed by atoms with van der Waals surface area (Å²) < 4.78 is 13.8. The fourth-order valence-corrected chi connectivity index (χ4v) is 2.05. The van der Waals surface area contributed by atoms with Gasteiger partial charge in [0.05, 0.1) is 0 Å². The fraction of sp³-hybridized carbons (Fsp3) is 0.0909. The average molecular weight is 302 g/mol. The van der Waals surface area contributed by atoms with Gasteiger partial charge in [0.15, 0.2) is 5.82 Å². The summed E-state index contributed by atoms with van der Waals surface area (Å²) in [7, 11) is 0. The summed E-state index contributed by atoms with van der Waals surface area (Å²) in [5.41, 5.74) is 1.34. The predicted octanol–water partition coefficient (Wildman–Crippen LogP) is 4.01. The zero-order valence-corrected chi connectivity index (χ0v) is 10.7. The molecule has 0 atom stereocenters. The quantitative estimate of drug-likeness (QED) is 0.744. The van der Waals surface area contributed by atoms with Crippen molar-refractivity contribution in [2.75, 3.05) is 0 Å². The third-order valence-electron chi connectivity index (χ3n) is 1.94. The van der Waals surface area contributed by atoms with Gasteiger partial charge in [0.2, 0.25) is 0 Å². The molecule has 0 aliphatic heterocycles. The Kier molecular flexibility index (Phi) is 3.21. The van der Waals surface area contributed by atoms with Crippen molar-refractivity contribution in [1.29, 1.82) is 0 Å². The van der Waals surface area contributed by atoms with Gasteiger partial charge in [0.1, 0.15) is 11.0 Å². The van der Waals surface area contributed by atoms with Gasteiger partial charge in [-0.05, 0) is 31.2 Å². The Bertz CT molecular complexity index is 456. The number of aromatic nitrogens is 2. The average Bonchev–Trinajstić information content (AvgIpc) is 2.14. The molecule has 2 rings (SSSR count). The molecule has 16 heavy (non-hydrogen) atoms. The van der Waals surface area contributed by atoms with Gasteiger partial charge in [-0.1, -0.05) is 27.5 Å². The van der Waals surface area contributed by atoms with Gasteiger partial charge in [0.25, 0.3) is 0 Å². The van der Waals surface area contributed by atoms with E-state index in [1.165, 1.54) is 12.1 Å². The van der Waals surface area contributed by atoms with Gasteiger partial charge in [-0.3, -0.25) is 0 Å². The summed E-state index contributed by atoms with van der Waals surface area (Å²) >= 11 is 9.04. The summed E-state index contributed by atoms with van der Waals surface area (Å²) in [6, 6.07) is 6.14. The predicted molar refractivity (Wildman–Crippen MR) is 64.9 cm³/mol. The van der Waals surface area contributed by atoms with E-state index >= 15 is 0 Å². The van der Waals surface area contributed by atoms with Crippen LogP contribution in [0.25, 0.3) is 11.4 Å². The zero-order valence-electron chi connectivity index (χ0n) is 8.34. The van der Waals surface area contributed by atoms with Crippen LogP contribution < -0.4 is 0 Å². The second-order valence-corrected chi connectivity index (χ2v) is 4.62. The Morgan fingerprint density at radius 3 is 2.56 bits per heavy atom. The highest BCUT2D eigenvalue weighted by Gasteiger charge is 2.06. The molecule has 1 aromatic carbocycles. The Hall–Kier alpha value is -1.00. The first kappa shape index (κ1) is 11.5. The summed E-state index contributed by atoms with van der Waals surface area (Å²) in [6.07, 6.45) is 0. The van der Waals surface area contributed by atoms with Crippen molar-refractivity contribution >= 4 is 27.5 Å². The molecule has 1 aromatic heterocycles. The lowest BCUT2D eigenvalue weighted by Gasteiger charge is -2.03.